The van der Waals surface area contributed by atoms with Crippen LogP contribution in [0.4, 0.5) is 0 Å². The van der Waals surface area contributed by atoms with Crippen LogP contribution < -0.4 is 0 Å². The quantitative estimate of drug-likeness (QED) is 0.925. The molecule has 1 fully saturated rings. The van der Waals surface area contributed by atoms with Crippen LogP contribution >= 0.6 is 11.3 Å². The van der Waals surface area contributed by atoms with Gasteiger partial charge in [-0.15, -0.1) is 11.3 Å². The van der Waals surface area contributed by atoms with Crippen molar-refractivity contribution in [3.63, 3.8) is 0 Å². The van der Waals surface area contributed by atoms with Crippen molar-refractivity contribution in [1.82, 2.24) is 9.29 Å². The van der Waals surface area contributed by atoms with E-state index in [-0.39, 0.29) is 18.0 Å². The summed E-state index contributed by atoms with van der Waals surface area (Å²) in [6, 6.07) is 3.42. The van der Waals surface area contributed by atoms with Gasteiger partial charge in [0.15, 0.2) is 0 Å². The van der Waals surface area contributed by atoms with Gasteiger partial charge in [-0.2, -0.15) is 4.31 Å². The fraction of sp³-hybridized carbons (Fsp3) is 0.333. The highest BCUT2D eigenvalue weighted by molar-refractivity contribution is 7.89. The second-order valence-electron chi connectivity index (χ2n) is 4.66. The minimum absolute atomic E-state index is 0.0279. The third kappa shape index (κ3) is 2.19. The van der Waals surface area contributed by atoms with E-state index in [0.29, 0.717) is 6.42 Å². The van der Waals surface area contributed by atoms with E-state index in [4.69, 9.17) is 5.11 Å². The number of carboxylic acids is 1. The van der Waals surface area contributed by atoms with Gasteiger partial charge >= 0.3 is 5.97 Å². The molecule has 0 aromatic carbocycles. The van der Waals surface area contributed by atoms with Gasteiger partial charge in [-0.25, -0.2) is 8.42 Å². The Bertz CT molecular complexity index is 769. The van der Waals surface area contributed by atoms with Crippen molar-refractivity contribution in [3.8, 4) is 0 Å². The maximum absolute atomic E-state index is 12.5. The molecule has 6 nitrogen and oxygen atoms in total. The standard InChI is InChI=1S/C12H12N2O4S2/c15-12(16)8-1-3-14(7-8)20(17,18)9-5-11-10(13-6-9)2-4-19-11/h2,4-6,8H,1,3,7H2,(H,15,16). The number of carboxylic acid groups (broad SMARTS) is 1. The maximum atomic E-state index is 12.5. The van der Waals surface area contributed by atoms with E-state index in [2.05, 4.69) is 4.98 Å². The monoisotopic (exact) mass is 312 g/mol. The van der Waals surface area contributed by atoms with Crippen molar-refractivity contribution in [2.24, 2.45) is 5.92 Å². The van der Waals surface area contributed by atoms with Gasteiger partial charge in [0.2, 0.25) is 10.0 Å². The lowest BCUT2D eigenvalue weighted by Gasteiger charge is -2.15. The third-order valence-corrected chi connectivity index (χ3v) is 6.10. The number of nitrogens with zero attached hydrogens (tertiary/aromatic N) is 2. The fourth-order valence-electron chi connectivity index (χ4n) is 2.27. The topological polar surface area (TPSA) is 87.6 Å². The Balaban J connectivity index is 1.93. The maximum Gasteiger partial charge on any atom is 0.307 e. The molecule has 20 heavy (non-hydrogen) atoms. The summed E-state index contributed by atoms with van der Waals surface area (Å²) in [5.74, 6) is -1.57. The number of aliphatic carboxylic acids is 1. The fourth-order valence-corrected chi connectivity index (χ4v) is 4.59. The van der Waals surface area contributed by atoms with E-state index >= 15 is 0 Å². The summed E-state index contributed by atoms with van der Waals surface area (Å²) < 4.78 is 27.0. The van der Waals surface area contributed by atoms with E-state index in [1.54, 1.807) is 6.07 Å². The van der Waals surface area contributed by atoms with Gasteiger partial charge in [0.05, 0.1) is 16.1 Å². The number of pyridine rings is 1. The molecule has 1 atom stereocenters. The van der Waals surface area contributed by atoms with E-state index in [0.717, 1.165) is 10.2 Å². The summed E-state index contributed by atoms with van der Waals surface area (Å²) in [6.45, 7) is 0.266. The number of aromatic nitrogens is 1. The Morgan fingerprint density at radius 3 is 3.00 bits per heavy atom. The number of hydrogen-bond acceptors (Lipinski definition) is 5. The summed E-state index contributed by atoms with van der Waals surface area (Å²) in [6.07, 6.45) is 1.68. The normalized spacial score (nSPS) is 20.5. The molecule has 0 saturated carbocycles. The average Bonchev–Trinajstić information content (AvgIpc) is 3.07. The number of rotatable bonds is 3. The SMILES string of the molecule is O=C(O)C1CCN(S(=O)(=O)c2cnc3ccsc3c2)C1. The lowest BCUT2D eigenvalue weighted by atomic mass is 10.1. The van der Waals surface area contributed by atoms with Gasteiger partial charge in [-0.3, -0.25) is 9.78 Å². The molecular weight excluding hydrogens is 300 g/mol. The van der Waals surface area contributed by atoms with Crippen LogP contribution in [0.5, 0.6) is 0 Å². The first-order chi connectivity index (χ1) is 9.48. The molecule has 1 aliphatic rings. The van der Waals surface area contributed by atoms with Crippen LogP contribution in [0.1, 0.15) is 6.42 Å². The van der Waals surface area contributed by atoms with Gasteiger partial charge in [0.1, 0.15) is 4.90 Å². The zero-order chi connectivity index (χ0) is 14.3. The van der Waals surface area contributed by atoms with Crippen LogP contribution in [-0.4, -0.2) is 41.9 Å². The predicted octanol–water partition coefficient (Wildman–Crippen LogP) is 1.39. The Hall–Kier alpha value is -1.51. The van der Waals surface area contributed by atoms with Crippen molar-refractivity contribution in [2.75, 3.05) is 13.1 Å². The molecule has 1 saturated heterocycles. The second kappa shape index (κ2) is 4.80. The molecule has 2 aromatic rings. The van der Waals surface area contributed by atoms with E-state index in [1.807, 2.05) is 11.4 Å². The molecule has 8 heteroatoms. The van der Waals surface area contributed by atoms with Crippen LogP contribution in [0.2, 0.25) is 0 Å². The Morgan fingerprint density at radius 2 is 2.30 bits per heavy atom. The van der Waals surface area contributed by atoms with Crippen LogP contribution in [-0.2, 0) is 14.8 Å². The summed E-state index contributed by atoms with van der Waals surface area (Å²) in [5, 5.41) is 10.8. The van der Waals surface area contributed by atoms with Crippen LogP contribution in [0.25, 0.3) is 10.2 Å². The smallest absolute Gasteiger partial charge is 0.307 e. The molecular formula is C12H12N2O4S2. The molecule has 0 bridgehead atoms. The van der Waals surface area contributed by atoms with Crippen molar-refractivity contribution < 1.29 is 18.3 Å². The first-order valence-corrected chi connectivity index (χ1v) is 8.36. The summed E-state index contributed by atoms with van der Waals surface area (Å²) >= 11 is 1.43. The molecule has 3 rings (SSSR count). The van der Waals surface area contributed by atoms with E-state index < -0.39 is 21.9 Å². The zero-order valence-corrected chi connectivity index (χ0v) is 12.0. The number of sulfonamides is 1. The Morgan fingerprint density at radius 1 is 1.50 bits per heavy atom. The highest BCUT2D eigenvalue weighted by atomic mass is 32.2. The van der Waals surface area contributed by atoms with Crippen LogP contribution in [0, 0.1) is 5.92 Å². The van der Waals surface area contributed by atoms with Gasteiger partial charge in [0.25, 0.3) is 0 Å². The van der Waals surface area contributed by atoms with E-state index in [9.17, 15) is 13.2 Å². The predicted molar refractivity (Wildman–Crippen MR) is 74.1 cm³/mol. The van der Waals surface area contributed by atoms with Gasteiger partial charge in [-0.1, -0.05) is 0 Å². The molecule has 2 aromatic heterocycles. The van der Waals surface area contributed by atoms with Crippen molar-refractivity contribution in [2.45, 2.75) is 11.3 Å². The molecule has 0 aliphatic carbocycles. The average molecular weight is 312 g/mol. The molecule has 1 aliphatic heterocycles. The molecule has 0 radical (unpaired) electrons. The molecule has 0 amide bonds. The number of thiophene rings is 1. The number of fused-ring (bicyclic) bond motifs is 1. The molecule has 0 spiro atoms. The molecule has 106 valence electrons. The van der Waals surface area contributed by atoms with E-state index in [1.165, 1.54) is 21.8 Å². The molecule has 3 heterocycles. The minimum atomic E-state index is -3.66. The zero-order valence-electron chi connectivity index (χ0n) is 10.4. The minimum Gasteiger partial charge on any atom is -0.481 e. The van der Waals surface area contributed by atoms with Gasteiger partial charge < -0.3 is 5.11 Å². The molecule has 1 N–H and O–H groups in total. The summed E-state index contributed by atoms with van der Waals surface area (Å²) in [4.78, 5) is 15.2. The third-order valence-electron chi connectivity index (χ3n) is 3.42. The summed E-state index contributed by atoms with van der Waals surface area (Å²) in [7, 11) is -3.66. The largest absolute Gasteiger partial charge is 0.481 e. The van der Waals surface area contributed by atoms with Crippen molar-refractivity contribution in [3.05, 3.63) is 23.7 Å². The van der Waals surface area contributed by atoms with Crippen molar-refractivity contribution in [1.29, 1.82) is 0 Å². The second-order valence-corrected chi connectivity index (χ2v) is 7.55. The summed E-state index contributed by atoms with van der Waals surface area (Å²) in [5.41, 5.74) is 0.763. The lowest BCUT2D eigenvalue weighted by Crippen LogP contribution is -2.30. The Kier molecular flexibility index (Phi) is 3.23. The first kappa shape index (κ1) is 13.5. The lowest BCUT2D eigenvalue weighted by molar-refractivity contribution is -0.141. The van der Waals surface area contributed by atoms with Crippen LogP contribution in [0.3, 0.4) is 0 Å². The number of hydrogen-bond donors (Lipinski definition) is 1. The highest BCUT2D eigenvalue weighted by Gasteiger charge is 2.36. The number of carbonyl (C=O) groups is 1. The van der Waals surface area contributed by atoms with Crippen LogP contribution in [0.15, 0.2) is 28.6 Å². The van der Waals surface area contributed by atoms with Gasteiger partial charge in [-0.05, 0) is 23.9 Å². The van der Waals surface area contributed by atoms with Crippen molar-refractivity contribution >= 4 is 37.5 Å². The first-order valence-electron chi connectivity index (χ1n) is 6.05. The van der Waals surface area contributed by atoms with Gasteiger partial charge in [0, 0.05) is 19.3 Å². The molecule has 1 unspecified atom stereocenters. The highest BCUT2D eigenvalue weighted by Crippen LogP contribution is 2.27. The Labute approximate surface area is 119 Å².